The first-order valence-corrected chi connectivity index (χ1v) is 9.77. The molecule has 0 aliphatic rings. The van der Waals surface area contributed by atoms with Crippen LogP contribution in [0.2, 0.25) is 0 Å². The molecule has 0 aromatic heterocycles. The molecular formula is C15H13F3O4S2. The summed E-state index contributed by atoms with van der Waals surface area (Å²) in [6.07, 6.45) is 0. The van der Waals surface area contributed by atoms with E-state index in [1.165, 1.54) is 25.1 Å². The number of hydrogen-bond donors (Lipinski definition) is 0. The lowest BCUT2D eigenvalue weighted by molar-refractivity contribution is 0.234. The summed E-state index contributed by atoms with van der Waals surface area (Å²) in [6, 6.07) is 8.58. The first-order valence-electron chi connectivity index (χ1n) is 6.68. The highest BCUT2D eigenvalue weighted by Gasteiger charge is 2.29. The van der Waals surface area contributed by atoms with E-state index in [4.69, 9.17) is 0 Å². The number of sulfone groups is 2. The molecule has 0 N–H and O–H groups in total. The van der Waals surface area contributed by atoms with E-state index in [0.29, 0.717) is 0 Å². The molecule has 2 aromatic rings. The normalized spacial score (nSPS) is 13.9. The van der Waals surface area contributed by atoms with Crippen LogP contribution in [0, 0.1) is 5.82 Å². The molecule has 0 saturated heterocycles. The Bertz CT molecular complexity index is 937. The fourth-order valence-corrected chi connectivity index (χ4v) is 4.21. The van der Waals surface area contributed by atoms with Gasteiger partial charge in [0.1, 0.15) is 5.82 Å². The molecule has 0 radical (unpaired) electrons. The summed E-state index contributed by atoms with van der Waals surface area (Å²) >= 11 is 0. The van der Waals surface area contributed by atoms with Gasteiger partial charge in [0.2, 0.25) is 9.84 Å². The number of hydrogen-bond acceptors (Lipinski definition) is 4. The zero-order chi connectivity index (χ0) is 18.1. The Kier molecular flexibility index (Phi) is 5.05. The summed E-state index contributed by atoms with van der Waals surface area (Å²) in [5.74, 6) is -4.18. The molecule has 0 amide bonds. The summed E-state index contributed by atoms with van der Waals surface area (Å²) in [6.45, 7) is 1.36. The van der Waals surface area contributed by atoms with Crippen LogP contribution in [0.5, 0.6) is 0 Å². The van der Waals surface area contributed by atoms with E-state index in [2.05, 4.69) is 0 Å². The predicted molar refractivity (Wildman–Crippen MR) is 81.6 cm³/mol. The van der Waals surface area contributed by atoms with E-state index >= 15 is 0 Å². The average Bonchev–Trinajstić information content (AvgIpc) is 2.54. The van der Waals surface area contributed by atoms with Crippen molar-refractivity contribution in [2.24, 2.45) is 0 Å². The molecule has 1 atom stereocenters. The van der Waals surface area contributed by atoms with Crippen LogP contribution >= 0.6 is 0 Å². The molecule has 130 valence electrons. The second-order valence-corrected chi connectivity index (χ2v) is 9.21. The van der Waals surface area contributed by atoms with Gasteiger partial charge in [-0.2, -0.15) is 8.78 Å². The Balaban J connectivity index is 2.40. The maximum atomic E-state index is 13.2. The number of benzene rings is 2. The van der Waals surface area contributed by atoms with Gasteiger partial charge in [0.25, 0.3) is 0 Å². The van der Waals surface area contributed by atoms with Gasteiger partial charge in [-0.1, -0.05) is 12.1 Å². The number of alkyl halides is 2. The minimum atomic E-state index is -4.79. The van der Waals surface area contributed by atoms with Crippen molar-refractivity contribution in [1.82, 2.24) is 0 Å². The van der Waals surface area contributed by atoms with Gasteiger partial charge in [-0.05, 0) is 48.9 Å². The molecule has 0 bridgehead atoms. The van der Waals surface area contributed by atoms with E-state index in [9.17, 15) is 30.0 Å². The van der Waals surface area contributed by atoms with E-state index in [1.54, 1.807) is 0 Å². The zero-order valence-corrected chi connectivity index (χ0v) is 14.0. The largest absolute Gasteiger partial charge is 0.341 e. The van der Waals surface area contributed by atoms with Gasteiger partial charge in [-0.25, -0.2) is 21.2 Å². The molecule has 0 aliphatic carbocycles. The summed E-state index contributed by atoms with van der Waals surface area (Å²) in [4.78, 5) is -0.915. The lowest BCUT2D eigenvalue weighted by atomic mass is 10.2. The van der Waals surface area contributed by atoms with E-state index in [1.807, 2.05) is 0 Å². The second kappa shape index (κ2) is 6.56. The topological polar surface area (TPSA) is 68.3 Å². The van der Waals surface area contributed by atoms with Crippen LogP contribution in [0.15, 0.2) is 58.3 Å². The van der Waals surface area contributed by atoms with Gasteiger partial charge in [-0.3, -0.25) is 0 Å². The van der Waals surface area contributed by atoms with Crippen molar-refractivity contribution in [3.8, 4) is 0 Å². The number of rotatable bonds is 5. The summed E-state index contributed by atoms with van der Waals surface area (Å²) < 4.78 is 85.9. The molecule has 0 saturated carbocycles. The molecule has 24 heavy (non-hydrogen) atoms. The third kappa shape index (κ3) is 3.46. The average molecular weight is 378 g/mol. The lowest BCUT2D eigenvalue weighted by Gasteiger charge is -2.14. The predicted octanol–water partition coefficient (Wildman–Crippen LogP) is 3.36. The third-order valence-electron chi connectivity index (χ3n) is 3.50. The smallest absolute Gasteiger partial charge is 0.223 e. The molecule has 2 aromatic carbocycles. The van der Waals surface area contributed by atoms with E-state index in [-0.39, 0.29) is 10.5 Å². The molecule has 1 unspecified atom stereocenters. The van der Waals surface area contributed by atoms with Crippen LogP contribution in [-0.2, 0) is 19.7 Å². The molecule has 2 rings (SSSR count). The first-order chi connectivity index (χ1) is 11.1. The zero-order valence-electron chi connectivity index (χ0n) is 12.4. The Labute approximate surface area is 137 Å². The van der Waals surface area contributed by atoms with Crippen molar-refractivity contribution in [2.75, 3.05) is 0 Å². The van der Waals surface area contributed by atoms with Crippen molar-refractivity contribution < 1.29 is 30.0 Å². The standard InChI is InChI=1S/C15H13F3O4S2/c1-10(11-3-2-4-12(16)9-11)23(19,20)13-5-7-14(8-6-13)24(21,22)15(17)18/h2-10,15H,1H3. The first kappa shape index (κ1) is 18.5. The Morgan fingerprint density at radius 2 is 1.33 bits per heavy atom. The summed E-state index contributed by atoms with van der Waals surface area (Å²) in [5, 5.41) is -1.09. The summed E-state index contributed by atoms with van der Waals surface area (Å²) in [7, 11) is -8.74. The summed E-state index contributed by atoms with van der Waals surface area (Å²) in [5.41, 5.74) is 0.222. The SMILES string of the molecule is CC(c1cccc(F)c1)S(=O)(=O)c1ccc(S(=O)(=O)C(F)F)cc1. The highest BCUT2D eigenvalue weighted by atomic mass is 32.2. The monoisotopic (exact) mass is 378 g/mol. The van der Waals surface area contributed by atoms with E-state index in [0.717, 1.165) is 30.3 Å². The van der Waals surface area contributed by atoms with Crippen LogP contribution in [-0.4, -0.2) is 22.6 Å². The van der Waals surface area contributed by atoms with Crippen LogP contribution in [0.4, 0.5) is 13.2 Å². The maximum absolute atomic E-state index is 13.2. The fraction of sp³-hybridized carbons (Fsp3) is 0.200. The van der Waals surface area contributed by atoms with Crippen molar-refractivity contribution in [1.29, 1.82) is 0 Å². The van der Waals surface area contributed by atoms with Crippen molar-refractivity contribution in [3.05, 3.63) is 59.9 Å². The van der Waals surface area contributed by atoms with Gasteiger partial charge >= 0.3 is 5.76 Å². The quantitative estimate of drug-likeness (QED) is 0.800. The Hall–Kier alpha value is -1.87. The fourth-order valence-electron chi connectivity index (χ4n) is 2.06. The third-order valence-corrected chi connectivity index (χ3v) is 7.03. The van der Waals surface area contributed by atoms with Crippen LogP contribution < -0.4 is 0 Å². The van der Waals surface area contributed by atoms with Crippen molar-refractivity contribution in [3.63, 3.8) is 0 Å². The van der Waals surface area contributed by atoms with Crippen LogP contribution in [0.3, 0.4) is 0 Å². The van der Waals surface area contributed by atoms with Gasteiger partial charge < -0.3 is 0 Å². The van der Waals surface area contributed by atoms with E-state index < -0.39 is 41.4 Å². The second-order valence-electron chi connectivity index (χ2n) is 5.02. The maximum Gasteiger partial charge on any atom is 0.341 e. The highest BCUT2D eigenvalue weighted by molar-refractivity contribution is 7.92. The van der Waals surface area contributed by atoms with Gasteiger partial charge in [0.05, 0.1) is 15.0 Å². The lowest BCUT2D eigenvalue weighted by Crippen LogP contribution is -2.13. The van der Waals surface area contributed by atoms with Gasteiger partial charge in [0.15, 0.2) is 9.84 Å². The molecular weight excluding hydrogens is 365 g/mol. The minimum absolute atomic E-state index is 0.222. The molecule has 0 heterocycles. The molecule has 0 fully saturated rings. The highest BCUT2D eigenvalue weighted by Crippen LogP contribution is 2.30. The molecule has 4 nitrogen and oxygen atoms in total. The Morgan fingerprint density at radius 3 is 1.79 bits per heavy atom. The Morgan fingerprint density at radius 1 is 0.833 bits per heavy atom. The van der Waals surface area contributed by atoms with Gasteiger partial charge in [-0.15, -0.1) is 0 Å². The van der Waals surface area contributed by atoms with Crippen molar-refractivity contribution in [2.45, 2.75) is 27.7 Å². The number of halogens is 3. The minimum Gasteiger partial charge on any atom is -0.223 e. The molecule has 0 spiro atoms. The van der Waals surface area contributed by atoms with Gasteiger partial charge in [0, 0.05) is 0 Å². The van der Waals surface area contributed by atoms with Crippen LogP contribution in [0.1, 0.15) is 17.7 Å². The van der Waals surface area contributed by atoms with Crippen LogP contribution in [0.25, 0.3) is 0 Å². The molecule has 0 aliphatic heterocycles. The molecule has 9 heteroatoms. The van der Waals surface area contributed by atoms with Crippen molar-refractivity contribution >= 4 is 19.7 Å².